The first kappa shape index (κ1) is 21.5. The summed E-state index contributed by atoms with van der Waals surface area (Å²) < 4.78 is 32.7. The Morgan fingerprint density at radius 2 is 1.94 bits per heavy atom. The van der Waals surface area contributed by atoms with Gasteiger partial charge < -0.3 is 9.84 Å². The number of carbonyl (C=O) groups is 1. The van der Waals surface area contributed by atoms with Crippen molar-refractivity contribution in [2.45, 2.75) is 44.6 Å². The second-order valence-corrected chi connectivity index (χ2v) is 10.1. The van der Waals surface area contributed by atoms with Crippen molar-refractivity contribution in [3.8, 4) is 0 Å². The number of rotatable bonds is 5. The first-order chi connectivity index (χ1) is 14.8. The third-order valence-electron chi connectivity index (χ3n) is 5.95. The molecular weight excluding hydrogens is 414 g/mol. The summed E-state index contributed by atoms with van der Waals surface area (Å²) in [5.74, 6) is -0.250. The van der Waals surface area contributed by atoms with Gasteiger partial charge in [0.15, 0.2) is 5.76 Å². The van der Waals surface area contributed by atoms with E-state index >= 15 is 0 Å². The number of amides is 1. The Kier molecular flexibility index (Phi) is 5.85. The van der Waals surface area contributed by atoms with E-state index in [0.29, 0.717) is 25.1 Å². The van der Waals surface area contributed by atoms with Crippen molar-refractivity contribution in [1.29, 1.82) is 0 Å². The lowest BCUT2D eigenvalue weighted by atomic mass is 9.97. The summed E-state index contributed by atoms with van der Waals surface area (Å²) in [6.07, 6.45) is 1.29. The summed E-state index contributed by atoms with van der Waals surface area (Å²) in [6, 6.07) is 14.1. The van der Waals surface area contributed by atoms with Crippen LogP contribution >= 0.6 is 0 Å². The molecular formula is C23H27N3O4S. The minimum atomic E-state index is -3.75. The maximum atomic E-state index is 13.1. The SMILES string of the molecule is Cc1noc(C)c1S(=O)(=O)N1CCCC(C(=O)NC(C)c2ccc3ccccc3c2)C1. The molecule has 31 heavy (non-hydrogen) atoms. The molecule has 7 nitrogen and oxygen atoms in total. The predicted molar refractivity (Wildman–Crippen MR) is 118 cm³/mol. The van der Waals surface area contributed by atoms with Crippen LogP contribution in [0.15, 0.2) is 51.9 Å². The van der Waals surface area contributed by atoms with Crippen LogP contribution in [0.5, 0.6) is 0 Å². The Bertz CT molecular complexity index is 1200. The van der Waals surface area contributed by atoms with Crippen LogP contribution in [0.4, 0.5) is 0 Å². The molecule has 2 heterocycles. The zero-order chi connectivity index (χ0) is 22.2. The van der Waals surface area contributed by atoms with Crippen LogP contribution in [0.25, 0.3) is 10.8 Å². The highest BCUT2D eigenvalue weighted by molar-refractivity contribution is 7.89. The van der Waals surface area contributed by atoms with Gasteiger partial charge in [0.25, 0.3) is 0 Å². The minimum absolute atomic E-state index is 0.109. The molecule has 1 amide bonds. The number of carbonyl (C=O) groups excluding carboxylic acids is 1. The average molecular weight is 442 g/mol. The zero-order valence-corrected chi connectivity index (χ0v) is 18.8. The van der Waals surface area contributed by atoms with E-state index in [0.717, 1.165) is 16.3 Å². The quantitative estimate of drug-likeness (QED) is 0.651. The summed E-state index contributed by atoms with van der Waals surface area (Å²) >= 11 is 0. The molecule has 1 saturated heterocycles. The van der Waals surface area contributed by atoms with Gasteiger partial charge in [-0.1, -0.05) is 41.6 Å². The number of hydrogen-bond acceptors (Lipinski definition) is 5. The van der Waals surface area contributed by atoms with Gasteiger partial charge in [-0.2, -0.15) is 4.31 Å². The molecule has 2 aromatic carbocycles. The van der Waals surface area contributed by atoms with Crippen LogP contribution in [0.1, 0.15) is 42.8 Å². The number of aromatic nitrogens is 1. The lowest BCUT2D eigenvalue weighted by Gasteiger charge is -2.31. The molecule has 0 aliphatic carbocycles. The summed E-state index contributed by atoms with van der Waals surface area (Å²) in [6.45, 7) is 5.69. The number of piperidine rings is 1. The average Bonchev–Trinajstić information content (AvgIpc) is 3.12. The Hall–Kier alpha value is -2.71. The fraction of sp³-hybridized carbons (Fsp3) is 0.391. The molecule has 1 aliphatic rings. The van der Waals surface area contributed by atoms with Gasteiger partial charge in [-0.15, -0.1) is 0 Å². The Morgan fingerprint density at radius 1 is 1.19 bits per heavy atom. The monoisotopic (exact) mass is 441 g/mol. The van der Waals surface area contributed by atoms with Gasteiger partial charge in [0.1, 0.15) is 10.6 Å². The topological polar surface area (TPSA) is 92.5 Å². The standard InChI is InChI=1S/C23H27N3O4S/c1-15(19-11-10-18-7-4-5-8-20(18)13-19)24-23(27)21-9-6-12-26(14-21)31(28,29)22-16(2)25-30-17(22)3/h4-5,7-8,10-11,13,15,21H,6,9,12,14H2,1-3H3,(H,24,27). The number of nitrogens with one attached hydrogen (secondary N) is 1. The predicted octanol–water partition coefficient (Wildman–Crippen LogP) is 3.72. The molecule has 2 atom stereocenters. The van der Waals surface area contributed by atoms with Crippen molar-refractivity contribution in [2.24, 2.45) is 5.92 Å². The lowest BCUT2D eigenvalue weighted by Crippen LogP contribution is -2.46. The molecule has 3 aromatic rings. The molecule has 8 heteroatoms. The lowest BCUT2D eigenvalue weighted by molar-refractivity contribution is -0.126. The molecule has 1 N–H and O–H groups in total. The van der Waals surface area contributed by atoms with Gasteiger partial charge in [0, 0.05) is 13.1 Å². The maximum absolute atomic E-state index is 13.1. The highest BCUT2D eigenvalue weighted by Crippen LogP contribution is 2.28. The second kappa shape index (κ2) is 8.43. The number of nitrogens with zero attached hydrogens (tertiary/aromatic N) is 2. The zero-order valence-electron chi connectivity index (χ0n) is 18.0. The van der Waals surface area contributed by atoms with Crippen molar-refractivity contribution in [2.75, 3.05) is 13.1 Å². The maximum Gasteiger partial charge on any atom is 0.248 e. The third-order valence-corrected chi connectivity index (χ3v) is 8.06. The summed E-state index contributed by atoms with van der Waals surface area (Å²) in [4.78, 5) is 13.1. The van der Waals surface area contributed by atoms with Gasteiger partial charge in [-0.25, -0.2) is 8.42 Å². The fourth-order valence-electron chi connectivity index (χ4n) is 4.24. The first-order valence-corrected chi connectivity index (χ1v) is 11.9. The second-order valence-electron chi connectivity index (χ2n) is 8.19. The van der Waals surface area contributed by atoms with Crippen LogP contribution < -0.4 is 5.32 Å². The molecule has 1 fully saturated rings. The van der Waals surface area contributed by atoms with Gasteiger partial charge in [-0.3, -0.25) is 4.79 Å². The third kappa shape index (κ3) is 4.22. The van der Waals surface area contributed by atoms with E-state index in [2.05, 4.69) is 22.6 Å². The van der Waals surface area contributed by atoms with E-state index in [1.807, 2.05) is 37.3 Å². The number of aryl methyl sites for hydroxylation is 2. The van der Waals surface area contributed by atoms with Gasteiger partial charge in [0.05, 0.1) is 12.0 Å². The van der Waals surface area contributed by atoms with Crippen molar-refractivity contribution in [3.63, 3.8) is 0 Å². The number of fused-ring (bicyclic) bond motifs is 1. The van der Waals surface area contributed by atoms with Gasteiger partial charge in [-0.05, 0) is 56.0 Å². The normalized spacial score (nSPS) is 18.7. The van der Waals surface area contributed by atoms with Crippen molar-refractivity contribution in [1.82, 2.24) is 14.8 Å². The summed E-state index contributed by atoms with van der Waals surface area (Å²) in [5.41, 5.74) is 1.36. The molecule has 4 rings (SSSR count). The van der Waals surface area contributed by atoms with Crippen LogP contribution in [0.2, 0.25) is 0 Å². The van der Waals surface area contributed by atoms with Crippen LogP contribution in [-0.4, -0.2) is 36.9 Å². The highest BCUT2D eigenvalue weighted by atomic mass is 32.2. The van der Waals surface area contributed by atoms with Gasteiger partial charge in [0.2, 0.25) is 15.9 Å². The first-order valence-electron chi connectivity index (χ1n) is 10.5. The van der Waals surface area contributed by atoms with E-state index in [4.69, 9.17) is 4.52 Å². The number of benzene rings is 2. The van der Waals surface area contributed by atoms with E-state index < -0.39 is 15.9 Å². The molecule has 0 saturated carbocycles. The summed E-state index contributed by atoms with van der Waals surface area (Å²) in [7, 11) is -3.75. The highest BCUT2D eigenvalue weighted by Gasteiger charge is 2.36. The Balaban J connectivity index is 1.47. The number of hydrogen-bond donors (Lipinski definition) is 1. The fourth-order valence-corrected chi connectivity index (χ4v) is 6.05. The Morgan fingerprint density at radius 3 is 2.65 bits per heavy atom. The number of sulfonamides is 1. The smallest absolute Gasteiger partial charge is 0.248 e. The van der Waals surface area contributed by atoms with Gasteiger partial charge >= 0.3 is 0 Å². The van der Waals surface area contributed by atoms with Crippen molar-refractivity contribution >= 4 is 26.7 Å². The summed E-state index contributed by atoms with van der Waals surface area (Å²) in [5, 5.41) is 9.11. The molecule has 164 valence electrons. The van der Waals surface area contributed by atoms with E-state index in [9.17, 15) is 13.2 Å². The van der Waals surface area contributed by atoms with Crippen LogP contribution in [0.3, 0.4) is 0 Å². The van der Waals surface area contributed by atoms with Crippen LogP contribution in [0, 0.1) is 19.8 Å². The van der Waals surface area contributed by atoms with E-state index in [1.165, 1.54) is 4.31 Å². The molecule has 1 aromatic heterocycles. The molecule has 0 bridgehead atoms. The minimum Gasteiger partial charge on any atom is -0.360 e. The Labute approximate surface area is 182 Å². The van der Waals surface area contributed by atoms with E-state index in [1.54, 1.807) is 13.8 Å². The molecule has 2 unspecified atom stereocenters. The largest absolute Gasteiger partial charge is 0.360 e. The van der Waals surface area contributed by atoms with Crippen LogP contribution in [-0.2, 0) is 14.8 Å². The molecule has 0 radical (unpaired) electrons. The van der Waals surface area contributed by atoms with Crippen molar-refractivity contribution in [3.05, 3.63) is 59.5 Å². The van der Waals surface area contributed by atoms with Crippen molar-refractivity contribution < 1.29 is 17.7 Å². The molecule has 0 spiro atoms. The van der Waals surface area contributed by atoms with E-state index in [-0.39, 0.29) is 29.1 Å². The molecule has 1 aliphatic heterocycles.